The Bertz CT molecular complexity index is 371. The van der Waals surface area contributed by atoms with Crippen LogP contribution in [0, 0.1) is 17.5 Å². The van der Waals surface area contributed by atoms with Gasteiger partial charge >= 0.3 is 0 Å². The molecule has 0 atom stereocenters. The molecule has 1 heterocycles. The molecule has 17 heavy (non-hydrogen) atoms. The summed E-state index contributed by atoms with van der Waals surface area (Å²) in [5.41, 5.74) is 3.38. The zero-order valence-corrected chi connectivity index (χ0v) is 9.18. The molecule has 0 radical (unpaired) electrons. The molecule has 1 aliphatic rings. The van der Waals surface area contributed by atoms with Gasteiger partial charge in [0, 0.05) is 19.6 Å². The summed E-state index contributed by atoms with van der Waals surface area (Å²) >= 11 is 0. The average Bonchev–Trinajstić information content (AvgIpc) is 2.34. The first-order chi connectivity index (χ1) is 8.16. The van der Waals surface area contributed by atoms with E-state index in [9.17, 15) is 13.2 Å². The Hall–Kier alpha value is -1.11. The monoisotopic (exact) mass is 246 g/mol. The molecule has 0 aliphatic carbocycles. The SMILES string of the molecule is Fc1cc(CNN2CCOCC2)cc(F)c1F. The van der Waals surface area contributed by atoms with Gasteiger partial charge in [0.2, 0.25) is 0 Å². The van der Waals surface area contributed by atoms with Crippen molar-refractivity contribution in [2.75, 3.05) is 26.3 Å². The molecule has 1 aliphatic heterocycles. The number of hydrazine groups is 1. The van der Waals surface area contributed by atoms with Crippen LogP contribution in [0.3, 0.4) is 0 Å². The van der Waals surface area contributed by atoms with E-state index in [1.807, 2.05) is 5.01 Å². The maximum Gasteiger partial charge on any atom is 0.194 e. The Kier molecular flexibility index (Phi) is 3.98. The van der Waals surface area contributed by atoms with Gasteiger partial charge in [-0.3, -0.25) is 5.43 Å². The van der Waals surface area contributed by atoms with Crippen LogP contribution >= 0.6 is 0 Å². The fourth-order valence-electron chi connectivity index (χ4n) is 1.63. The maximum atomic E-state index is 12.9. The standard InChI is InChI=1S/C11H13F3N2O/c12-9-5-8(6-10(13)11(9)14)7-15-16-1-3-17-4-2-16/h5-6,15H,1-4,7H2. The lowest BCUT2D eigenvalue weighted by atomic mass is 10.2. The summed E-state index contributed by atoms with van der Waals surface area (Å²) in [5, 5.41) is 1.91. The topological polar surface area (TPSA) is 24.5 Å². The molecule has 1 aromatic rings. The Labute approximate surface area is 97.1 Å². The van der Waals surface area contributed by atoms with Crippen molar-refractivity contribution < 1.29 is 17.9 Å². The molecule has 1 aromatic carbocycles. The van der Waals surface area contributed by atoms with Crippen molar-refractivity contribution in [3.05, 3.63) is 35.1 Å². The summed E-state index contributed by atoms with van der Waals surface area (Å²) in [7, 11) is 0. The zero-order chi connectivity index (χ0) is 12.3. The van der Waals surface area contributed by atoms with E-state index in [0.717, 1.165) is 12.1 Å². The van der Waals surface area contributed by atoms with Crippen LogP contribution in [0.1, 0.15) is 5.56 Å². The lowest BCUT2D eigenvalue weighted by Gasteiger charge is -2.27. The molecule has 0 saturated carbocycles. The van der Waals surface area contributed by atoms with E-state index in [1.165, 1.54) is 0 Å². The van der Waals surface area contributed by atoms with Gasteiger partial charge in [-0.15, -0.1) is 0 Å². The van der Waals surface area contributed by atoms with Crippen molar-refractivity contribution in [2.45, 2.75) is 6.54 Å². The number of morpholine rings is 1. The summed E-state index contributed by atoms with van der Waals surface area (Å²) in [6, 6.07) is 1.98. The number of hydrogen-bond donors (Lipinski definition) is 1. The minimum absolute atomic E-state index is 0.258. The van der Waals surface area contributed by atoms with Crippen molar-refractivity contribution >= 4 is 0 Å². The summed E-state index contributed by atoms with van der Waals surface area (Å²) in [6.07, 6.45) is 0. The highest BCUT2D eigenvalue weighted by molar-refractivity contribution is 5.19. The highest BCUT2D eigenvalue weighted by atomic mass is 19.2. The minimum Gasteiger partial charge on any atom is -0.379 e. The molecule has 0 aromatic heterocycles. The summed E-state index contributed by atoms with van der Waals surface area (Å²) in [4.78, 5) is 0. The first-order valence-electron chi connectivity index (χ1n) is 5.36. The molecule has 2 rings (SSSR count). The molecular formula is C11H13F3N2O. The first-order valence-corrected chi connectivity index (χ1v) is 5.36. The van der Waals surface area contributed by atoms with Crippen molar-refractivity contribution in [3.63, 3.8) is 0 Å². The number of ether oxygens (including phenoxy) is 1. The minimum atomic E-state index is -1.43. The van der Waals surface area contributed by atoms with Crippen molar-refractivity contribution in [3.8, 4) is 0 Å². The molecule has 0 spiro atoms. The summed E-state index contributed by atoms with van der Waals surface area (Å²) in [6.45, 7) is 2.94. The fourth-order valence-corrected chi connectivity index (χ4v) is 1.63. The van der Waals surface area contributed by atoms with Crippen molar-refractivity contribution in [2.24, 2.45) is 0 Å². The lowest BCUT2D eigenvalue weighted by molar-refractivity contribution is 0.0105. The van der Waals surface area contributed by atoms with Gasteiger partial charge in [-0.25, -0.2) is 18.2 Å². The van der Waals surface area contributed by atoms with Gasteiger partial charge in [-0.2, -0.15) is 0 Å². The van der Waals surface area contributed by atoms with Gasteiger partial charge in [0.1, 0.15) is 0 Å². The normalized spacial score (nSPS) is 17.4. The molecule has 0 amide bonds. The van der Waals surface area contributed by atoms with Gasteiger partial charge in [0.15, 0.2) is 17.5 Å². The van der Waals surface area contributed by atoms with Crippen LogP contribution in [-0.2, 0) is 11.3 Å². The molecule has 94 valence electrons. The molecular weight excluding hydrogens is 233 g/mol. The summed E-state index contributed by atoms with van der Waals surface area (Å²) < 4.78 is 43.7. The van der Waals surface area contributed by atoms with E-state index in [4.69, 9.17) is 4.74 Å². The number of hydrogen-bond acceptors (Lipinski definition) is 3. The van der Waals surface area contributed by atoms with E-state index in [1.54, 1.807) is 0 Å². The zero-order valence-electron chi connectivity index (χ0n) is 9.18. The largest absolute Gasteiger partial charge is 0.379 e. The number of nitrogens with one attached hydrogen (secondary N) is 1. The predicted molar refractivity (Wildman–Crippen MR) is 55.5 cm³/mol. The van der Waals surface area contributed by atoms with Crippen LogP contribution in [0.15, 0.2) is 12.1 Å². The number of nitrogens with zero attached hydrogens (tertiary/aromatic N) is 1. The average molecular weight is 246 g/mol. The third-order valence-electron chi connectivity index (χ3n) is 2.56. The second-order valence-corrected chi connectivity index (χ2v) is 3.81. The molecule has 1 N–H and O–H groups in total. The predicted octanol–water partition coefficient (Wildman–Crippen LogP) is 1.44. The quantitative estimate of drug-likeness (QED) is 0.817. The van der Waals surface area contributed by atoms with E-state index in [2.05, 4.69) is 5.43 Å². The first kappa shape index (κ1) is 12.3. The third-order valence-corrected chi connectivity index (χ3v) is 2.56. The van der Waals surface area contributed by atoms with Crippen LogP contribution in [0.5, 0.6) is 0 Å². The van der Waals surface area contributed by atoms with Gasteiger partial charge in [0.05, 0.1) is 13.2 Å². The Morgan fingerprint density at radius 1 is 1.12 bits per heavy atom. The van der Waals surface area contributed by atoms with E-state index < -0.39 is 17.5 Å². The number of halogens is 3. The molecule has 3 nitrogen and oxygen atoms in total. The molecule has 0 bridgehead atoms. The molecule has 1 fully saturated rings. The van der Waals surface area contributed by atoms with Gasteiger partial charge < -0.3 is 4.74 Å². The van der Waals surface area contributed by atoms with Crippen LogP contribution in [-0.4, -0.2) is 31.3 Å². The second kappa shape index (κ2) is 5.48. The fraction of sp³-hybridized carbons (Fsp3) is 0.455. The highest BCUT2D eigenvalue weighted by Crippen LogP contribution is 2.13. The lowest BCUT2D eigenvalue weighted by Crippen LogP contribution is -2.45. The van der Waals surface area contributed by atoms with Gasteiger partial charge in [-0.1, -0.05) is 0 Å². The van der Waals surface area contributed by atoms with Crippen LogP contribution in [0.2, 0.25) is 0 Å². The number of rotatable bonds is 3. The second-order valence-electron chi connectivity index (χ2n) is 3.81. The van der Waals surface area contributed by atoms with E-state index >= 15 is 0 Å². The summed E-state index contributed by atoms with van der Waals surface area (Å²) in [5.74, 6) is -3.76. The van der Waals surface area contributed by atoms with Crippen molar-refractivity contribution in [1.82, 2.24) is 10.4 Å². The molecule has 6 heteroatoms. The van der Waals surface area contributed by atoms with Crippen molar-refractivity contribution in [1.29, 1.82) is 0 Å². The maximum absolute atomic E-state index is 12.9. The Balaban J connectivity index is 1.94. The van der Waals surface area contributed by atoms with Crippen LogP contribution in [0.25, 0.3) is 0 Å². The van der Waals surface area contributed by atoms with E-state index in [0.29, 0.717) is 31.9 Å². The van der Waals surface area contributed by atoms with Crippen LogP contribution in [0.4, 0.5) is 13.2 Å². The Morgan fingerprint density at radius 3 is 2.29 bits per heavy atom. The molecule has 0 unspecified atom stereocenters. The van der Waals surface area contributed by atoms with Gasteiger partial charge in [0.25, 0.3) is 0 Å². The van der Waals surface area contributed by atoms with Gasteiger partial charge in [-0.05, 0) is 17.7 Å². The Morgan fingerprint density at radius 2 is 1.71 bits per heavy atom. The molecule has 1 saturated heterocycles. The number of benzene rings is 1. The van der Waals surface area contributed by atoms with E-state index in [-0.39, 0.29) is 6.54 Å². The van der Waals surface area contributed by atoms with Crippen LogP contribution < -0.4 is 5.43 Å². The third kappa shape index (κ3) is 3.18. The highest BCUT2D eigenvalue weighted by Gasteiger charge is 2.12. The smallest absolute Gasteiger partial charge is 0.194 e.